The van der Waals surface area contributed by atoms with Crippen molar-refractivity contribution in [3.63, 3.8) is 0 Å². The van der Waals surface area contributed by atoms with Gasteiger partial charge in [0, 0.05) is 19.3 Å². The highest BCUT2D eigenvalue weighted by Gasteiger charge is 2.11. The van der Waals surface area contributed by atoms with Gasteiger partial charge in [-0.25, -0.2) is 9.50 Å². The topological polar surface area (TPSA) is 48.0 Å². The van der Waals surface area contributed by atoms with E-state index in [4.69, 9.17) is 11.6 Å². The zero-order valence-electron chi connectivity index (χ0n) is 8.80. The van der Waals surface area contributed by atoms with Crippen molar-refractivity contribution in [2.45, 2.75) is 0 Å². The standard InChI is InChI=1S/C10H7BrClN5/c1-16-8(2-3-13-16)7-4-9(12)17-10(15-7)6(11)5-14-17/h2-5H,1H3. The molecular formula is C10H7BrClN5. The van der Waals surface area contributed by atoms with Crippen molar-refractivity contribution < 1.29 is 0 Å². The lowest BCUT2D eigenvalue weighted by Gasteiger charge is -2.04. The van der Waals surface area contributed by atoms with Crippen LogP contribution in [-0.4, -0.2) is 24.4 Å². The first-order valence-electron chi connectivity index (χ1n) is 4.85. The van der Waals surface area contributed by atoms with E-state index in [1.54, 1.807) is 27.7 Å². The number of halogens is 2. The van der Waals surface area contributed by atoms with Gasteiger partial charge in [-0.15, -0.1) is 0 Å². The lowest BCUT2D eigenvalue weighted by Crippen LogP contribution is -1.98. The van der Waals surface area contributed by atoms with E-state index in [1.165, 1.54) is 0 Å². The van der Waals surface area contributed by atoms with E-state index in [9.17, 15) is 0 Å². The second kappa shape index (κ2) is 3.82. The van der Waals surface area contributed by atoms with Crippen LogP contribution in [-0.2, 0) is 7.05 Å². The van der Waals surface area contributed by atoms with Crippen LogP contribution in [0.3, 0.4) is 0 Å². The van der Waals surface area contributed by atoms with Gasteiger partial charge in [-0.05, 0) is 22.0 Å². The van der Waals surface area contributed by atoms with Gasteiger partial charge in [0.2, 0.25) is 0 Å². The average Bonchev–Trinajstić information content (AvgIpc) is 2.86. The van der Waals surface area contributed by atoms with E-state index in [1.807, 2.05) is 13.1 Å². The van der Waals surface area contributed by atoms with Gasteiger partial charge in [-0.1, -0.05) is 11.6 Å². The van der Waals surface area contributed by atoms with E-state index in [2.05, 4.69) is 31.1 Å². The molecule has 0 saturated carbocycles. The summed E-state index contributed by atoms with van der Waals surface area (Å²) in [6, 6.07) is 3.66. The molecule has 0 saturated heterocycles. The molecule has 7 heteroatoms. The van der Waals surface area contributed by atoms with Gasteiger partial charge in [0.05, 0.1) is 22.1 Å². The van der Waals surface area contributed by atoms with Gasteiger partial charge >= 0.3 is 0 Å². The van der Waals surface area contributed by atoms with Crippen molar-refractivity contribution in [2.75, 3.05) is 0 Å². The first-order chi connectivity index (χ1) is 8.16. The van der Waals surface area contributed by atoms with Gasteiger partial charge in [0.1, 0.15) is 5.15 Å². The molecule has 3 heterocycles. The number of nitrogens with zero attached hydrogens (tertiary/aromatic N) is 5. The first-order valence-corrected chi connectivity index (χ1v) is 6.02. The van der Waals surface area contributed by atoms with Crippen LogP contribution in [0.2, 0.25) is 5.15 Å². The summed E-state index contributed by atoms with van der Waals surface area (Å²) in [5, 5.41) is 8.74. The summed E-state index contributed by atoms with van der Waals surface area (Å²) in [5.41, 5.74) is 2.36. The molecule has 0 aromatic carbocycles. The number of hydrogen-bond acceptors (Lipinski definition) is 3. The van der Waals surface area contributed by atoms with Crippen LogP contribution in [0.25, 0.3) is 17.0 Å². The lowest BCUT2D eigenvalue weighted by molar-refractivity contribution is 0.772. The highest BCUT2D eigenvalue weighted by Crippen LogP contribution is 2.25. The predicted molar refractivity (Wildman–Crippen MR) is 67.9 cm³/mol. The van der Waals surface area contributed by atoms with Crippen LogP contribution < -0.4 is 0 Å². The van der Waals surface area contributed by atoms with Crippen molar-refractivity contribution in [3.05, 3.63) is 34.2 Å². The largest absolute Gasteiger partial charge is 0.266 e. The molecule has 5 nitrogen and oxygen atoms in total. The SMILES string of the molecule is Cn1nccc1-c1cc(Cl)n2ncc(Br)c2n1. The summed E-state index contributed by atoms with van der Waals surface area (Å²) in [6.07, 6.45) is 3.39. The molecule has 0 bridgehead atoms. The van der Waals surface area contributed by atoms with Gasteiger partial charge in [0.25, 0.3) is 0 Å². The number of rotatable bonds is 1. The van der Waals surface area contributed by atoms with E-state index in [0.29, 0.717) is 10.8 Å². The van der Waals surface area contributed by atoms with Gasteiger partial charge in [0.15, 0.2) is 5.65 Å². The van der Waals surface area contributed by atoms with Gasteiger partial charge in [-0.2, -0.15) is 10.2 Å². The van der Waals surface area contributed by atoms with E-state index in [0.717, 1.165) is 15.9 Å². The second-order valence-corrected chi connectivity index (χ2v) is 4.77. The molecule has 3 aromatic heterocycles. The Kier molecular flexibility index (Phi) is 2.41. The zero-order valence-corrected chi connectivity index (χ0v) is 11.1. The van der Waals surface area contributed by atoms with Crippen molar-refractivity contribution in [1.82, 2.24) is 24.4 Å². The minimum absolute atomic E-state index is 0.511. The van der Waals surface area contributed by atoms with E-state index in [-0.39, 0.29) is 0 Å². The van der Waals surface area contributed by atoms with Crippen molar-refractivity contribution in [3.8, 4) is 11.4 Å². The third-order valence-corrected chi connectivity index (χ3v) is 3.30. The minimum Gasteiger partial charge on any atom is -0.266 e. The maximum Gasteiger partial charge on any atom is 0.171 e. The fourth-order valence-corrected chi connectivity index (χ4v) is 2.23. The summed E-state index contributed by atoms with van der Waals surface area (Å²) in [5.74, 6) is 0. The summed E-state index contributed by atoms with van der Waals surface area (Å²) in [7, 11) is 1.86. The van der Waals surface area contributed by atoms with Crippen LogP contribution in [0.5, 0.6) is 0 Å². The third-order valence-electron chi connectivity index (χ3n) is 2.47. The third kappa shape index (κ3) is 1.64. The Balaban J connectivity index is 2.32. The molecule has 3 aromatic rings. The molecule has 0 aliphatic carbocycles. The maximum absolute atomic E-state index is 6.15. The molecule has 0 aliphatic heterocycles. The van der Waals surface area contributed by atoms with Crippen molar-refractivity contribution in [1.29, 1.82) is 0 Å². The summed E-state index contributed by atoms with van der Waals surface area (Å²) < 4.78 is 4.13. The van der Waals surface area contributed by atoms with Crippen molar-refractivity contribution >= 4 is 33.2 Å². The Morgan fingerprint density at radius 3 is 2.88 bits per heavy atom. The van der Waals surface area contributed by atoms with Crippen LogP contribution in [0, 0.1) is 0 Å². The van der Waals surface area contributed by atoms with E-state index < -0.39 is 0 Å². The number of hydrogen-bond donors (Lipinski definition) is 0. The number of aromatic nitrogens is 5. The van der Waals surface area contributed by atoms with Crippen molar-refractivity contribution in [2.24, 2.45) is 7.05 Å². The summed E-state index contributed by atoms with van der Waals surface area (Å²) >= 11 is 9.54. The van der Waals surface area contributed by atoms with Crippen LogP contribution in [0.1, 0.15) is 0 Å². The smallest absolute Gasteiger partial charge is 0.171 e. The van der Waals surface area contributed by atoms with Gasteiger partial charge in [-0.3, -0.25) is 4.68 Å². The molecular weight excluding hydrogens is 306 g/mol. The Morgan fingerprint density at radius 2 is 2.18 bits per heavy atom. The van der Waals surface area contributed by atoms with Crippen LogP contribution >= 0.6 is 27.5 Å². The van der Waals surface area contributed by atoms with E-state index >= 15 is 0 Å². The lowest BCUT2D eigenvalue weighted by atomic mass is 10.3. The predicted octanol–water partition coefficient (Wildman–Crippen LogP) is 2.55. The molecule has 17 heavy (non-hydrogen) atoms. The quantitative estimate of drug-likeness (QED) is 0.649. The molecule has 0 fully saturated rings. The van der Waals surface area contributed by atoms with Gasteiger partial charge < -0.3 is 0 Å². The zero-order chi connectivity index (χ0) is 12.0. The van der Waals surface area contributed by atoms with Crippen LogP contribution in [0.15, 0.2) is 29.0 Å². The summed E-state index contributed by atoms with van der Waals surface area (Å²) in [4.78, 5) is 4.51. The Labute approximate surface area is 110 Å². The summed E-state index contributed by atoms with van der Waals surface area (Å²) in [6.45, 7) is 0. The maximum atomic E-state index is 6.15. The molecule has 0 amide bonds. The molecule has 0 N–H and O–H groups in total. The fraction of sp³-hybridized carbons (Fsp3) is 0.100. The molecule has 0 unspecified atom stereocenters. The highest BCUT2D eigenvalue weighted by molar-refractivity contribution is 9.10. The fourth-order valence-electron chi connectivity index (χ4n) is 1.66. The van der Waals surface area contributed by atoms with Crippen LogP contribution in [0.4, 0.5) is 0 Å². The molecule has 0 radical (unpaired) electrons. The molecule has 0 atom stereocenters. The molecule has 0 aliphatic rings. The molecule has 86 valence electrons. The second-order valence-electron chi connectivity index (χ2n) is 3.53. The Morgan fingerprint density at radius 1 is 1.35 bits per heavy atom. The molecule has 3 rings (SSSR count). The monoisotopic (exact) mass is 311 g/mol. The first kappa shape index (κ1) is 10.7. The average molecular weight is 313 g/mol. The normalized spacial score (nSPS) is 11.2. The highest BCUT2D eigenvalue weighted by atomic mass is 79.9. The Bertz CT molecular complexity index is 702. The minimum atomic E-state index is 0.511. The molecule has 0 spiro atoms. The Hall–Kier alpha value is -1.40. The number of aryl methyl sites for hydroxylation is 1. The number of fused-ring (bicyclic) bond motifs is 1.